The van der Waals surface area contributed by atoms with Crippen LogP contribution in [0.25, 0.3) is 0 Å². The third-order valence-electron chi connectivity index (χ3n) is 6.07. The highest BCUT2D eigenvalue weighted by molar-refractivity contribution is 5.79. The van der Waals surface area contributed by atoms with Gasteiger partial charge in [-0.15, -0.1) is 0 Å². The maximum atomic E-state index is 12.4. The first-order valence-electron chi connectivity index (χ1n) is 9.43. The van der Waals surface area contributed by atoms with Crippen LogP contribution < -0.4 is 5.32 Å². The molecule has 4 heteroatoms. The van der Waals surface area contributed by atoms with Crippen molar-refractivity contribution in [1.82, 2.24) is 10.2 Å². The predicted molar refractivity (Wildman–Crippen MR) is 93.3 cm³/mol. The Morgan fingerprint density at radius 2 is 1.83 bits per heavy atom. The average Bonchev–Trinajstić information content (AvgIpc) is 3.25. The fourth-order valence-corrected chi connectivity index (χ4v) is 4.67. The SMILES string of the molecule is O=C(NCc1ccc(CN2CCOCC2)cc1)[C@@H]1C[C@H]2CC[C@H]1C2. The zero-order valence-corrected chi connectivity index (χ0v) is 14.4. The highest BCUT2D eigenvalue weighted by Crippen LogP contribution is 2.48. The number of carbonyl (C=O) groups is 1. The summed E-state index contributed by atoms with van der Waals surface area (Å²) in [6.45, 7) is 5.36. The van der Waals surface area contributed by atoms with Gasteiger partial charge in [-0.25, -0.2) is 0 Å². The fourth-order valence-electron chi connectivity index (χ4n) is 4.67. The van der Waals surface area contributed by atoms with Crippen molar-refractivity contribution in [3.8, 4) is 0 Å². The van der Waals surface area contributed by atoms with E-state index in [1.165, 1.54) is 30.4 Å². The third-order valence-corrected chi connectivity index (χ3v) is 6.07. The molecule has 2 aliphatic carbocycles. The number of fused-ring (bicyclic) bond motifs is 2. The third kappa shape index (κ3) is 3.65. The molecule has 3 aliphatic rings. The van der Waals surface area contributed by atoms with Gasteiger partial charge in [0.25, 0.3) is 0 Å². The maximum Gasteiger partial charge on any atom is 0.223 e. The molecule has 1 amide bonds. The molecular formula is C20H28N2O2. The number of hydrogen-bond acceptors (Lipinski definition) is 3. The van der Waals surface area contributed by atoms with Crippen LogP contribution in [-0.4, -0.2) is 37.1 Å². The zero-order chi connectivity index (χ0) is 16.4. The van der Waals surface area contributed by atoms with Gasteiger partial charge in [-0.3, -0.25) is 9.69 Å². The molecule has 1 aromatic rings. The molecule has 3 fully saturated rings. The summed E-state index contributed by atoms with van der Waals surface area (Å²) in [5.74, 6) is 2.04. The molecule has 130 valence electrons. The van der Waals surface area contributed by atoms with Crippen molar-refractivity contribution in [3.05, 3.63) is 35.4 Å². The van der Waals surface area contributed by atoms with E-state index in [-0.39, 0.29) is 11.8 Å². The van der Waals surface area contributed by atoms with Crippen molar-refractivity contribution < 1.29 is 9.53 Å². The molecule has 1 aromatic carbocycles. The predicted octanol–water partition coefficient (Wildman–Crippen LogP) is 2.57. The first-order chi connectivity index (χ1) is 11.8. The normalized spacial score (nSPS) is 29.8. The van der Waals surface area contributed by atoms with Crippen LogP contribution in [0.4, 0.5) is 0 Å². The topological polar surface area (TPSA) is 41.6 Å². The standard InChI is InChI=1S/C20H28N2O2/c23-20(19-12-17-5-6-18(19)11-17)21-13-15-1-3-16(4-2-15)14-22-7-9-24-10-8-22/h1-4,17-19H,5-14H2,(H,21,23)/t17-,18-,19+/m0/s1. The van der Waals surface area contributed by atoms with E-state index in [9.17, 15) is 4.79 Å². The number of amides is 1. The van der Waals surface area contributed by atoms with Crippen molar-refractivity contribution in [2.75, 3.05) is 26.3 Å². The molecule has 0 spiro atoms. The summed E-state index contributed by atoms with van der Waals surface area (Å²) in [6.07, 6.45) is 5.02. The summed E-state index contributed by atoms with van der Waals surface area (Å²) in [4.78, 5) is 14.8. The van der Waals surface area contributed by atoms with E-state index in [1.54, 1.807) is 0 Å². The van der Waals surface area contributed by atoms with Crippen LogP contribution in [0, 0.1) is 17.8 Å². The zero-order valence-electron chi connectivity index (χ0n) is 14.4. The number of nitrogens with zero attached hydrogens (tertiary/aromatic N) is 1. The van der Waals surface area contributed by atoms with Gasteiger partial charge in [0.1, 0.15) is 0 Å². The number of benzene rings is 1. The summed E-state index contributed by atoms with van der Waals surface area (Å²) >= 11 is 0. The Labute approximate surface area is 144 Å². The lowest BCUT2D eigenvalue weighted by atomic mass is 9.88. The number of nitrogens with one attached hydrogen (secondary N) is 1. The van der Waals surface area contributed by atoms with Crippen molar-refractivity contribution in [2.24, 2.45) is 17.8 Å². The second-order valence-electron chi connectivity index (χ2n) is 7.70. The van der Waals surface area contributed by atoms with Crippen LogP contribution in [0.1, 0.15) is 36.8 Å². The van der Waals surface area contributed by atoms with Crippen LogP contribution >= 0.6 is 0 Å². The van der Waals surface area contributed by atoms with Gasteiger partial charge in [0.05, 0.1) is 13.2 Å². The Kier molecular flexibility index (Phi) is 4.86. The largest absolute Gasteiger partial charge is 0.379 e. The molecule has 1 saturated heterocycles. The van der Waals surface area contributed by atoms with Gasteiger partial charge in [-0.05, 0) is 42.2 Å². The Morgan fingerprint density at radius 1 is 1.08 bits per heavy atom. The Balaban J connectivity index is 1.25. The molecule has 1 heterocycles. The van der Waals surface area contributed by atoms with E-state index in [4.69, 9.17) is 4.74 Å². The summed E-state index contributed by atoms with van der Waals surface area (Å²) in [6, 6.07) is 8.68. The molecule has 0 unspecified atom stereocenters. The quantitative estimate of drug-likeness (QED) is 0.903. The van der Waals surface area contributed by atoms with Gasteiger partial charge < -0.3 is 10.1 Å². The molecule has 3 atom stereocenters. The van der Waals surface area contributed by atoms with E-state index >= 15 is 0 Å². The Hall–Kier alpha value is -1.39. The molecule has 1 aliphatic heterocycles. The van der Waals surface area contributed by atoms with E-state index < -0.39 is 0 Å². The van der Waals surface area contributed by atoms with Crippen LogP contribution in [0.3, 0.4) is 0 Å². The van der Waals surface area contributed by atoms with Crippen LogP contribution in [0.2, 0.25) is 0 Å². The molecule has 2 saturated carbocycles. The van der Waals surface area contributed by atoms with Gasteiger partial charge in [-0.2, -0.15) is 0 Å². The minimum Gasteiger partial charge on any atom is -0.379 e. The molecule has 4 nitrogen and oxygen atoms in total. The lowest BCUT2D eigenvalue weighted by Gasteiger charge is -2.26. The first kappa shape index (κ1) is 16.1. The lowest BCUT2D eigenvalue weighted by Crippen LogP contribution is -2.35. The first-order valence-corrected chi connectivity index (χ1v) is 9.43. The van der Waals surface area contributed by atoms with Gasteiger partial charge >= 0.3 is 0 Å². The minimum absolute atomic E-state index is 0.277. The second-order valence-corrected chi connectivity index (χ2v) is 7.70. The number of hydrogen-bond donors (Lipinski definition) is 1. The van der Waals surface area contributed by atoms with E-state index in [0.29, 0.717) is 12.5 Å². The van der Waals surface area contributed by atoms with Gasteiger partial charge in [-0.1, -0.05) is 30.7 Å². The van der Waals surface area contributed by atoms with Gasteiger partial charge in [0.15, 0.2) is 0 Å². The number of carbonyl (C=O) groups excluding carboxylic acids is 1. The van der Waals surface area contributed by atoms with Crippen LogP contribution in [-0.2, 0) is 22.6 Å². The summed E-state index contributed by atoms with van der Waals surface area (Å²) in [7, 11) is 0. The summed E-state index contributed by atoms with van der Waals surface area (Å²) < 4.78 is 5.39. The molecule has 0 radical (unpaired) electrons. The van der Waals surface area contributed by atoms with Crippen molar-refractivity contribution >= 4 is 5.91 Å². The summed E-state index contributed by atoms with van der Waals surface area (Å²) in [5.41, 5.74) is 2.53. The maximum absolute atomic E-state index is 12.4. The highest BCUT2D eigenvalue weighted by atomic mass is 16.5. The second kappa shape index (κ2) is 7.24. The molecule has 0 aromatic heterocycles. The molecule has 1 N–H and O–H groups in total. The molecule has 2 bridgehead atoms. The van der Waals surface area contributed by atoms with Gasteiger partial charge in [0, 0.05) is 32.1 Å². The van der Waals surface area contributed by atoms with Crippen molar-refractivity contribution in [1.29, 1.82) is 0 Å². The average molecular weight is 328 g/mol. The van der Waals surface area contributed by atoms with Crippen molar-refractivity contribution in [2.45, 2.75) is 38.8 Å². The van der Waals surface area contributed by atoms with Crippen LogP contribution in [0.5, 0.6) is 0 Å². The number of morpholine rings is 1. The molecular weight excluding hydrogens is 300 g/mol. The fraction of sp³-hybridized carbons (Fsp3) is 0.650. The van der Waals surface area contributed by atoms with E-state index in [1.807, 2.05) is 0 Å². The monoisotopic (exact) mass is 328 g/mol. The molecule has 24 heavy (non-hydrogen) atoms. The van der Waals surface area contributed by atoms with Gasteiger partial charge in [0.2, 0.25) is 5.91 Å². The molecule has 4 rings (SSSR count). The number of ether oxygens (including phenoxy) is 1. The lowest BCUT2D eigenvalue weighted by molar-refractivity contribution is -0.126. The minimum atomic E-state index is 0.277. The highest BCUT2D eigenvalue weighted by Gasteiger charge is 2.42. The number of rotatable bonds is 5. The van der Waals surface area contributed by atoms with E-state index in [0.717, 1.165) is 45.2 Å². The Bertz CT molecular complexity index is 566. The summed E-state index contributed by atoms with van der Waals surface area (Å²) in [5, 5.41) is 3.16. The van der Waals surface area contributed by atoms with Crippen LogP contribution in [0.15, 0.2) is 24.3 Å². The van der Waals surface area contributed by atoms with E-state index in [2.05, 4.69) is 34.5 Å². The van der Waals surface area contributed by atoms with Crippen molar-refractivity contribution in [3.63, 3.8) is 0 Å². The smallest absolute Gasteiger partial charge is 0.223 e. The Morgan fingerprint density at radius 3 is 2.50 bits per heavy atom.